The van der Waals surface area contributed by atoms with Crippen LogP contribution in [0.4, 0.5) is 0 Å². The Morgan fingerprint density at radius 1 is 0.926 bits per heavy atom. The molecule has 0 spiro atoms. The molecule has 0 aliphatic carbocycles. The van der Waals surface area contributed by atoms with Gasteiger partial charge in [-0.15, -0.1) is 0 Å². The molecule has 3 nitrogen and oxygen atoms in total. The molecular weight excluding hydrogens is 352 g/mol. The number of hydrogen-bond donors (Lipinski definition) is 0. The standard InChI is InChI=1S/C23H40O3Si/c1-7-27(8-2,9-3)26-23(20(4)5)13-11-10-12-21-14-16-22(17-15-21)18-25-19-24-6/h10-11,14-17,20,23H,7-9,12-13,18-19H2,1-6H3. The summed E-state index contributed by atoms with van der Waals surface area (Å²) in [5, 5.41) is 0. The third-order valence-electron chi connectivity index (χ3n) is 5.46. The van der Waals surface area contributed by atoms with E-state index in [1.54, 1.807) is 7.11 Å². The highest BCUT2D eigenvalue weighted by molar-refractivity contribution is 6.73. The largest absolute Gasteiger partial charge is 0.413 e. The number of ether oxygens (including phenoxy) is 2. The van der Waals surface area contributed by atoms with E-state index < -0.39 is 8.32 Å². The summed E-state index contributed by atoms with van der Waals surface area (Å²) in [5.41, 5.74) is 2.50. The van der Waals surface area contributed by atoms with Crippen molar-refractivity contribution in [1.29, 1.82) is 0 Å². The first kappa shape index (κ1) is 24.1. The highest BCUT2D eigenvalue weighted by Gasteiger charge is 2.32. The molecule has 1 aromatic rings. The molecule has 1 aromatic carbocycles. The summed E-state index contributed by atoms with van der Waals surface area (Å²) >= 11 is 0. The van der Waals surface area contributed by atoms with Gasteiger partial charge in [-0.05, 0) is 48.0 Å². The third kappa shape index (κ3) is 8.73. The van der Waals surface area contributed by atoms with E-state index in [0.29, 0.717) is 25.4 Å². The van der Waals surface area contributed by atoms with E-state index in [4.69, 9.17) is 13.9 Å². The molecule has 1 atom stereocenters. The second-order valence-electron chi connectivity index (χ2n) is 7.63. The molecule has 0 aliphatic rings. The molecule has 0 radical (unpaired) electrons. The topological polar surface area (TPSA) is 27.7 Å². The van der Waals surface area contributed by atoms with Crippen molar-refractivity contribution in [2.24, 2.45) is 5.92 Å². The Kier molecular flexibility index (Phi) is 11.8. The number of hydrogen-bond acceptors (Lipinski definition) is 3. The predicted octanol–water partition coefficient (Wildman–Crippen LogP) is 6.34. The molecule has 27 heavy (non-hydrogen) atoms. The number of methoxy groups -OCH3 is 1. The maximum Gasteiger partial charge on any atom is 0.192 e. The number of benzene rings is 1. The van der Waals surface area contributed by atoms with Gasteiger partial charge in [0.15, 0.2) is 8.32 Å². The molecule has 0 saturated heterocycles. The van der Waals surface area contributed by atoms with Crippen molar-refractivity contribution in [3.8, 4) is 0 Å². The van der Waals surface area contributed by atoms with Gasteiger partial charge in [0, 0.05) is 7.11 Å². The van der Waals surface area contributed by atoms with E-state index in [9.17, 15) is 0 Å². The Morgan fingerprint density at radius 2 is 1.52 bits per heavy atom. The molecule has 0 amide bonds. The van der Waals surface area contributed by atoms with Crippen LogP contribution in [-0.2, 0) is 26.9 Å². The Balaban J connectivity index is 2.53. The van der Waals surface area contributed by atoms with Crippen molar-refractivity contribution in [3.63, 3.8) is 0 Å². The summed E-state index contributed by atoms with van der Waals surface area (Å²) in [6.07, 6.45) is 6.90. The first-order chi connectivity index (χ1) is 13.0. The van der Waals surface area contributed by atoms with Gasteiger partial charge in [0.25, 0.3) is 0 Å². The van der Waals surface area contributed by atoms with E-state index >= 15 is 0 Å². The van der Waals surface area contributed by atoms with Crippen LogP contribution in [-0.4, -0.2) is 28.3 Å². The molecular formula is C23H40O3Si. The number of allylic oxidation sites excluding steroid dienone is 1. The van der Waals surface area contributed by atoms with E-state index in [1.807, 2.05) is 0 Å². The van der Waals surface area contributed by atoms with E-state index in [2.05, 4.69) is 71.0 Å². The fourth-order valence-corrected chi connectivity index (χ4v) is 6.25. The van der Waals surface area contributed by atoms with Crippen LogP contribution in [0, 0.1) is 5.92 Å². The monoisotopic (exact) mass is 392 g/mol. The molecule has 0 fully saturated rings. The zero-order valence-electron chi connectivity index (χ0n) is 18.3. The lowest BCUT2D eigenvalue weighted by molar-refractivity contribution is -0.0390. The lowest BCUT2D eigenvalue weighted by Gasteiger charge is -2.34. The van der Waals surface area contributed by atoms with Gasteiger partial charge in [-0.1, -0.05) is 71.0 Å². The van der Waals surface area contributed by atoms with Gasteiger partial charge in [-0.2, -0.15) is 0 Å². The fraction of sp³-hybridized carbons (Fsp3) is 0.652. The minimum atomic E-state index is -1.54. The lowest BCUT2D eigenvalue weighted by Crippen LogP contribution is -2.41. The Hall–Kier alpha value is -0.943. The van der Waals surface area contributed by atoms with Crippen LogP contribution in [0.15, 0.2) is 36.4 Å². The van der Waals surface area contributed by atoms with Gasteiger partial charge in [0.2, 0.25) is 0 Å². The van der Waals surface area contributed by atoms with Gasteiger partial charge in [0.05, 0.1) is 12.7 Å². The lowest BCUT2D eigenvalue weighted by atomic mass is 10.0. The summed E-state index contributed by atoms with van der Waals surface area (Å²) in [6, 6.07) is 12.3. The highest BCUT2D eigenvalue weighted by Crippen LogP contribution is 2.27. The minimum absolute atomic E-state index is 0.335. The van der Waals surface area contributed by atoms with Crippen molar-refractivity contribution < 1.29 is 13.9 Å². The average molecular weight is 393 g/mol. The summed E-state index contributed by atoms with van der Waals surface area (Å²) in [5.74, 6) is 0.553. The van der Waals surface area contributed by atoms with Crippen molar-refractivity contribution in [2.75, 3.05) is 13.9 Å². The van der Waals surface area contributed by atoms with E-state index in [1.165, 1.54) is 29.3 Å². The smallest absolute Gasteiger partial charge is 0.192 e. The molecule has 0 heterocycles. The van der Waals surface area contributed by atoms with Crippen LogP contribution in [0.3, 0.4) is 0 Å². The van der Waals surface area contributed by atoms with Crippen molar-refractivity contribution in [3.05, 3.63) is 47.5 Å². The van der Waals surface area contributed by atoms with Crippen LogP contribution >= 0.6 is 0 Å². The Bertz CT molecular complexity index is 513. The Labute approximate surface area is 168 Å². The zero-order chi connectivity index (χ0) is 20.1. The first-order valence-corrected chi connectivity index (χ1v) is 13.0. The van der Waals surface area contributed by atoms with Gasteiger partial charge in [-0.25, -0.2) is 0 Å². The Morgan fingerprint density at radius 3 is 2.04 bits per heavy atom. The summed E-state index contributed by atoms with van der Waals surface area (Å²) in [7, 11) is 0.0957. The molecule has 0 bridgehead atoms. The summed E-state index contributed by atoms with van der Waals surface area (Å²) < 4.78 is 17.0. The molecule has 0 aliphatic heterocycles. The maximum absolute atomic E-state index is 6.73. The van der Waals surface area contributed by atoms with E-state index in [-0.39, 0.29) is 0 Å². The van der Waals surface area contributed by atoms with Crippen molar-refractivity contribution in [2.45, 2.75) is 78.3 Å². The van der Waals surface area contributed by atoms with Crippen LogP contribution in [0.25, 0.3) is 0 Å². The van der Waals surface area contributed by atoms with Crippen LogP contribution in [0.1, 0.15) is 52.2 Å². The molecule has 0 saturated carbocycles. The van der Waals surface area contributed by atoms with Gasteiger partial charge >= 0.3 is 0 Å². The van der Waals surface area contributed by atoms with Crippen molar-refractivity contribution >= 4 is 8.32 Å². The predicted molar refractivity (Wildman–Crippen MR) is 117 cm³/mol. The zero-order valence-corrected chi connectivity index (χ0v) is 19.3. The number of rotatable bonds is 14. The van der Waals surface area contributed by atoms with E-state index in [0.717, 1.165) is 12.8 Å². The van der Waals surface area contributed by atoms with Crippen LogP contribution < -0.4 is 0 Å². The van der Waals surface area contributed by atoms with Gasteiger partial charge < -0.3 is 13.9 Å². The molecule has 154 valence electrons. The molecule has 0 aromatic heterocycles. The summed E-state index contributed by atoms with van der Waals surface area (Å²) in [6.45, 7) is 12.4. The highest BCUT2D eigenvalue weighted by atomic mass is 28.4. The first-order valence-electron chi connectivity index (χ1n) is 10.5. The summed E-state index contributed by atoms with van der Waals surface area (Å²) in [4.78, 5) is 0. The maximum atomic E-state index is 6.73. The van der Waals surface area contributed by atoms with Crippen LogP contribution in [0.2, 0.25) is 18.1 Å². The molecule has 0 N–H and O–H groups in total. The normalized spacial score (nSPS) is 13.6. The average Bonchev–Trinajstić information content (AvgIpc) is 2.69. The second kappa shape index (κ2) is 13.3. The quantitative estimate of drug-likeness (QED) is 0.160. The van der Waals surface area contributed by atoms with Gasteiger partial charge in [0.1, 0.15) is 6.79 Å². The fourth-order valence-electron chi connectivity index (χ4n) is 3.24. The SMILES string of the molecule is CC[Si](CC)(CC)OC(CC=CCc1ccc(COCOC)cc1)C(C)C. The second-order valence-corrected chi connectivity index (χ2v) is 12.3. The van der Waals surface area contributed by atoms with Crippen molar-refractivity contribution in [1.82, 2.24) is 0 Å². The molecule has 4 heteroatoms. The van der Waals surface area contributed by atoms with Gasteiger partial charge in [-0.3, -0.25) is 0 Å². The third-order valence-corrected chi connectivity index (χ3v) is 10.1. The van der Waals surface area contributed by atoms with Crippen LogP contribution in [0.5, 0.6) is 0 Å². The molecule has 1 rings (SSSR count). The molecule has 1 unspecified atom stereocenters. The minimum Gasteiger partial charge on any atom is -0.413 e.